The van der Waals surface area contributed by atoms with Gasteiger partial charge in [-0.25, -0.2) is 0 Å². The number of amides is 1. The molecule has 0 spiro atoms. The van der Waals surface area contributed by atoms with Crippen LogP contribution in [0.2, 0.25) is 0 Å². The maximum atomic E-state index is 10.8. The predicted octanol–water partition coefficient (Wildman–Crippen LogP) is -0.185. The average Bonchev–Trinajstić information content (AvgIpc) is 2.37. The van der Waals surface area contributed by atoms with E-state index in [4.69, 9.17) is 0 Å². The molecule has 6 heteroatoms. The molecule has 1 aromatic heterocycles. The standard InChI is InChI=1S/C12H16N2O4/c1-8(16)13-6-4-10(17)12(18)11-9(7-15)3-2-5-14-11/h2-3,5,7,10,12,17-18H,4,6H2,1H3,(H,13,16). The minimum atomic E-state index is -1.25. The van der Waals surface area contributed by atoms with Crippen molar-refractivity contribution in [3.8, 4) is 0 Å². The molecule has 6 nitrogen and oxygen atoms in total. The highest BCUT2D eigenvalue weighted by Gasteiger charge is 2.21. The lowest BCUT2D eigenvalue weighted by Crippen LogP contribution is -2.28. The number of carbonyl (C=O) groups is 2. The van der Waals surface area contributed by atoms with Crippen molar-refractivity contribution in [1.82, 2.24) is 10.3 Å². The fraction of sp³-hybridized carbons (Fsp3) is 0.417. The molecule has 18 heavy (non-hydrogen) atoms. The Bertz CT molecular complexity index is 422. The van der Waals surface area contributed by atoms with Crippen LogP contribution in [0.4, 0.5) is 0 Å². The minimum Gasteiger partial charge on any atom is -0.390 e. The predicted molar refractivity (Wildman–Crippen MR) is 63.9 cm³/mol. The first-order chi connectivity index (χ1) is 8.56. The SMILES string of the molecule is CC(=O)NCCC(O)C(O)c1ncccc1C=O. The molecule has 2 unspecified atom stereocenters. The third-order valence-corrected chi connectivity index (χ3v) is 2.46. The summed E-state index contributed by atoms with van der Waals surface area (Å²) in [4.78, 5) is 25.3. The van der Waals surface area contributed by atoms with Gasteiger partial charge in [-0.3, -0.25) is 14.6 Å². The number of pyridine rings is 1. The summed E-state index contributed by atoms with van der Waals surface area (Å²) in [7, 11) is 0. The molecule has 98 valence electrons. The number of nitrogens with one attached hydrogen (secondary N) is 1. The lowest BCUT2D eigenvalue weighted by molar-refractivity contribution is -0.119. The molecule has 3 N–H and O–H groups in total. The molecule has 1 heterocycles. The third-order valence-electron chi connectivity index (χ3n) is 2.46. The van der Waals surface area contributed by atoms with Crippen LogP contribution in [0.5, 0.6) is 0 Å². The van der Waals surface area contributed by atoms with Gasteiger partial charge in [-0.05, 0) is 18.6 Å². The molecule has 0 fully saturated rings. The van der Waals surface area contributed by atoms with Crippen molar-refractivity contribution in [2.24, 2.45) is 0 Å². The van der Waals surface area contributed by atoms with E-state index in [9.17, 15) is 19.8 Å². The van der Waals surface area contributed by atoms with Gasteiger partial charge < -0.3 is 15.5 Å². The maximum Gasteiger partial charge on any atom is 0.216 e. The molecule has 1 amide bonds. The Labute approximate surface area is 105 Å². The number of hydrogen-bond donors (Lipinski definition) is 3. The van der Waals surface area contributed by atoms with Crippen LogP contribution < -0.4 is 5.32 Å². The van der Waals surface area contributed by atoms with E-state index < -0.39 is 12.2 Å². The van der Waals surface area contributed by atoms with E-state index in [1.165, 1.54) is 19.2 Å². The molecule has 0 aliphatic heterocycles. The van der Waals surface area contributed by atoms with Crippen LogP contribution in [0, 0.1) is 0 Å². The second-order valence-electron chi connectivity index (χ2n) is 3.88. The van der Waals surface area contributed by atoms with Crippen molar-refractivity contribution in [3.63, 3.8) is 0 Å². The number of rotatable bonds is 6. The second-order valence-corrected chi connectivity index (χ2v) is 3.88. The summed E-state index contributed by atoms with van der Waals surface area (Å²) in [6.45, 7) is 1.61. The smallest absolute Gasteiger partial charge is 0.216 e. The lowest BCUT2D eigenvalue weighted by atomic mass is 10.0. The number of hydrogen-bond acceptors (Lipinski definition) is 5. The Hall–Kier alpha value is -1.79. The van der Waals surface area contributed by atoms with E-state index in [1.54, 1.807) is 6.07 Å². The van der Waals surface area contributed by atoms with E-state index in [2.05, 4.69) is 10.3 Å². The first-order valence-corrected chi connectivity index (χ1v) is 5.57. The highest BCUT2D eigenvalue weighted by molar-refractivity contribution is 5.76. The van der Waals surface area contributed by atoms with Crippen molar-refractivity contribution in [2.45, 2.75) is 25.6 Å². The first-order valence-electron chi connectivity index (χ1n) is 5.57. The molecular formula is C12H16N2O4. The summed E-state index contributed by atoms with van der Waals surface area (Å²) in [6, 6.07) is 3.09. The first kappa shape index (κ1) is 14.3. The van der Waals surface area contributed by atoms with Gasteiger partial charge in [-0.1, -0.05) is 0 Å². The van der Waals surface area contributed by atoms with Crippen molar-refractivity contribution < 1.29 is 19.8 Å². The van der Waals surface area contributed by atoms with Gasteiger partial charge >= 0.3 is 0 Å². The van der Waals surface area contributed by atoms with Crippen LogP contribution >= 0.6 is 0 Å². The highest BCUT2D eigenvalue weighted by atomic mass is 16.3. The van der Waals surface area contributed by atoms with E-state index >= 15 is 0 Å². The molecule has 0 saturated heterocycles. The normalized spacial score (nSPS) is 13.7. The zero-order valence-electron chi connectivity index (χ0n) is 10.0. The van der Waals surface area contributed by atoms with Crippen LogP contribution in [-0.2, 0) is 4.79 Å². The van der Waals surface area contributed by atoms with E-state index in [-0.39, 0.29) is 30.1 Å². The quantitative estimate of drug-likeness (QED) is 0.610. The third kappa shape index (κ3) is 3.90. The Balaban J connectivity index is 2.65. The van der Waals surface area contributed by atoms with Gasteiger partial charge in [0.15, 0.2) is 6.29 Å². The molecule has 2 atom stereocenters. The molecule has 0 saturated carbocycles. The van der Waals surface area contributed by atoms with Crippen molar-refractivity contribution >= 4 is 12.2 Å². The van der Waals surface area contributed by atoms with Gasteiger partial charge in [0, 0.05) is 25.2 Å². The summed E-state index contributed by atoms with van der Waals surface area (Å²) in [5.41, 5.74) is 0.381. The van der Waals surface area contributed by atoms with Gasteiger partial charge in [-0.2, -0.15) is 0 Å². The van der Waals surface area contributed by atoms with Crippen LogP contribution in [0.1, 0.15) is 35.5 Å². The molecule has 0 aliphatic rings. The highest BCUT2D eigenvalue weighted by Crippen LogP contribution is 2.19. The van der Waals surface area contributed by atoms with Crippen molar-refractivity contribution in [3.05, 3.63) is 29.6 Å². The summed E-state index contributed by atoms with van der Waals surface area (Å²) >= 11 is 0. The summed E-state index contributed by atoms with van der Waals surface area (Å²) in [5.74, 6) is -0.205. The van der Waals surface area contributed by atoms with Gasteiger partial charge in [0.2, 0.25) is 5.91 Å². The minimum absolute atomic E-state index is 0.142. The fourth-order valence-electron chi connectivity index (χ4n) is 1.51. The number of carbonyl (C=O) groups excluding carboxylic acids is 2. The van der Waals surface area contributed by atoms with Gasteiger partial charge in [0.25, 0.3) is 0 Å². The van der Waals surface area contributed by atoms with Crippen LogP contribution in [0.15, 0.2) is 18.3 Å². The zero-order valence-corrected chi connectivity index (χ0v) is 10.0. The molecular weight excluding hydrogens is 236 g/mol. The molecule has 0 aliphatic carbocycles. The number of aromatic nitrogens is 1. The lowest BCUT2D eigenvalue weighted by Gasteiger charge is -2.18. The zero-order chi connectivity index (χ0) is 13.5. The molecule has 1 aromatic rings. The molecule has 0 bridgehead atoms. The number of aliphatic hydroxyl groups excluding tert-OH is 2. The van der Waals surface area contributed by atoms with Crippen molar-refractivity contribution in [1.29, 1.82) is 0 Å². The number of nitrogens with zero attached hydrogens (tertiary/aromatic N) is 1. The average molecular weight is 252 g/mol. The van der Waals surface area contributed by atoms with Crippen LogP contribution in [0.25, 0.3) is 0 Å². The molecule has 1 rings (SSSR count). The van der Waals surface area contributed by atoms with Crippen molar-refractivity contribution in [2.75, 3.05) is 6.54 Å². The Morgan fingerprint density at radius 1 is 1.56 bits per heavy atom. The monoisotopic (exact) mass is 252 g/mol. The van der Waals surface area contributed by atoms with E-state index in [0.717, 1.165) is 0 Å². The summed E-state index contributed by atoms with van der Waals surface area (Å²) < 4.78 is 0. The van der Waals surface area contributed by atoms with Gasteiger partial charge in [-0.15, -0.1) is 0 Å². The number of aldehydes is 1. The Morgan fingerprint density at radius 2 is 2.28 bits per heavy atom. The number of aliphatic hydroxyl groups is 2. The Morgan fingerprint density at radius 3 is 2.89 bits per heavy atom. The second kappa shape index (κ2) is 6.83. The van der Waals surface area contributed by atoms with Crippen LogP contribution in [-0.4, -0.2) is 40.0 Å². The largest absolute Gasteiger partial charge is 0.390 e. The summed E-state index contributed by atoms with van der Waals surface area (Å²) in [5, 5.41) is 22.1. The Kier molecular flexibility index (Phi) is 5.41. The van der Waals surface area contributed by atoms with E-state index in [1.807, 2.05) is 0 Å². The van der Waals surface area contributed by atoms with Gasteiger partial charge in [0.1, 0.15) is 6.10 Å². The molecule has 0 aromatic carbocycles. The van der Waals surface area contributed by atoms with Crippen LogP contribution in [0.3, 0.4) is 0 Å². The maximum absolute atomic E-state index is 10.8. The summed E-state index contributed by atoms with van der Waals surface area (Å²) in [6.07, 6.45) is -0.154. The molecule has 0 radical (unpaired) electrons. The van der Waals surface area contributed by atoms with E-state index in [0.29, 0.717) is 6.29 Å². The van der Waals surface area contributed by atoms with Gasteiger partial charge in [0.05, 0.1) is 11.8 Å². The fourth-order valence-corrected chi connectivity index (χ4v) is 1.51. The topological polar surface area (TPSA) is 99.5 Å².